The number of esters is 1. The van der Waals surface area contributed by atoms with E-state index in [1.165, 1.54) is 17.6 Å². The first-order valence-electron chi connectivity index (χ1n) is 5.94. The van der Waals surface area contributed by atoms with Crippen LogP contribution in [0.3, 0.4) is 0 Å². The lowest BCUT2D eigenvalue weighted by Gasteiger charge is -2.14. The molecule has 7 nitrogen and oxygen atoms in total. The van der Waals surface area contributed by atoms with E-state index in [1.807, 2.05) is 0 Å². The highest BCUT2D eigenvalue weighted by Gasteiger charge is 2.37. The number of ether oxygens (including phenoxy) is 1. The van der Waals surface area contributed by atoms with E-state index in [0.717, 1.165) is 0 Å². The van der Waals surface area contributed by atoms with Gasteiger partial charge in [-0.05, 0) is 13.3 Å². The number of hydrogen-bond donors (Lipinski definition) is 0. The molecule has 0 radical (unpaired) electrons. The van der Waals surface area contributed by atoms with Crippen LogP contribution >= 0.6 is 0 Å². The maximum absolute atomic E-state index is 12.4. The van der Waals surface area contributed by atoms with Crippen LogP contribution in [0.4, 0.5) is 0 Å². The van der Waals surface area contributed by atoms with Crippen molar-refractivity contribution in [3.63, 3.8) is 0 Å². The molecule has 0 saturated carbocycles. The third-order valence-electron chi connectivity index (χ3n) is 3.38. The number of carbonyl (C=O) groups is 1. The molecule has 2 heterocycles. The SMILES string of the molecule is COC(=O)C1CCN(S(=O)(=O)c2cn(C)c(C)n2)C1. The quantitative estimate of drug-likeness (QED) is 0.726. The van der Waals surface area contributed by atoms with E-state index in [0.29, 0.717) is 18.8 Å². The van der Waals surface area contributed by atoms with Gasteiger partial charge in [0.25, 0.3) is 10.0 Å². The summed E-state index contributed by atoms with van der Waals surface area (Å²) in [5, 5.41) is 0.0259. The number of rotatable bonds is 3. The van der Waals surface area contributed by atoms with Crippen LogP contribution in [0, 0.1) is 12.8 Å². The van der Waals surface area contributed by atoms with Crippen molar-refractivity contribution in [1.82, 2.24) is 13.9 Å². The molecule has 1 aliphatic rings. The van der Waals surface area contributed by atoms with Gasteiger partial charge >= 0.3 is 5.97 Å². The smallest absolute Gasteiger partial charge is 0.310 e. The van der Waals surface area contributed by atoms with Crippen molar-refractivity contribution in [2.75, 3.05) is 20.2 Å². The summed E-state index contributed by atoms with van der Waals surface area (Å²) in [7, 11) is -0.576. The van der Waals surface area contributed by atoms with Gasteiger partial charge in [-0.25, -0.2) is 13.4 Å². The molecule has 8 heteroatoms. The maximum atomic E-state index is 12.4. The number of nitrogens with zero attached hydrogens (tertiary/aromatic N) is 3. The minimum absolute atomic E-state index is 0.0259. The van der Waals surface area contributed by atoms with Crippen molar-refractivity contribution in [2.24, 2.45) is 13.0 Å². The number of aromatic nitrogens is 2. The average Bonchev–Trinajstić information content (AvgIpc) is 2.97. The number of imidazole rings is 1. The molecule has 0 aromatic carbocycles. The summed E-state index contributed by atoms with van der Waals surface area (Å²) in [6, 6.07) is 0. The van der Waals surface area contributed by atoms with Crippen LogP contribution < -0.4 is 0 Å². The molecule has 106 valence electrons. The van der Waals surface area contributed by atoms with Gasteiger partial charge in [-0.1, -0.05) is 0 Å². The molecule has 0 amide bonds. The van der Waals surface area contributed by atoms with Gasteiger partial charge in [-0.15, -0.1) is 0 Å². The summed E-state index contributed by atoms with van der Waals surface area (Å²) in [6.07, 6.45) is 1.97. The molecule has 0 spiro atoms. The Balaban J connectivity index is 2.20. The molecule has 1 aromatic heterocycles. The summed E-state index contributed by atoms with van der Waals surface area (Å²) >= 11 is 0. The van der Waals surface area contributed by atoms with Crippen LogP contribution in [-0.2, 0) is 26.6 Å². The minimum atomic E-state index is -3.62. The number of methoxy groups -OCH3 is 1. The Labute approximate surface area is 112 Å². The van der Waals surface area contributed by atoms with Crippen molar-refractivity contribution < 1.29 is 17.9 Å². The Morgan fingerprint density at radius 2 is 2.21 bits per heavy atom. The molecule has 0 bridgehead atoms. The summed E-state index contributed by atoms with van der Waals surface area (Å²) in [4.78, 5) is 15.5. The number of carbonyl (C=O) groups excluding carboxylic acids is 1. The van der Waals surface area contributed by atoms with Crippen LogP contribution in [0.15, 0.2) is 11.2 Å². The zero-order chi connectivity index (χ0) is 14.2. The van der Waals surface area contributed by atoms with E-state index in [-0.39, 0.29) is 23.5 Å². The molecule has 1 aromatic rings. The lowest BCUT2D eigenvalue weighted by Crippen LogP contribution is -2.30. The third-order valence-corrected chi connectivity index (χ3v) is 5.11. The Kier molecular flexibility index (Phi) is 3.64. The number of aryl methyl sites for hydroxylation is 2. The van der Waals surface area contributed by atoms with E-state index in [9.17, 15) is 13.2 Å². The molecule has 0 N–H and O–H groups in total. The molecular formula is C11H17N3O4S. The Bertz CT molecular complexity index is 574. The fourth-order valence-electron chi connectivity index (χ4n) is 2.09. The predicted molar refractivity (Wildman–Crippen MR) is 66.8 cm³/mol. The van der Waals surface area contributed by atoms with Crippen molar-refractivity contribution in [3.05, 3.63) is 12.0 Å². The molecule has 0 aliphatic carbocycles. The van der Waals surface area contributed by atoms with E-state index < -0.39 is 10.0 Å². The lowest BCUT2D eigenvalue weighted by atomic mass is 10.1. The van der Waals surface area contributed by atoms with Gasteiger partial charge in [-0.2, -0.15) is 4.31 Å². The van der Waals surface area contributed by atoms with Gasteiger partial charge < -0.3 is 9.30 Å². The number of sulfonamides is 1. The average molecular weight is 287 g/mol. The highest BCUT2D eigenvalue weighted by molar-refractivity contribution is 7.89. The van der Waals surface area contributed by atoms with Gasteiger partial charge in [0, 0.05) is 26.3 Å². The largest absolute Gasteiger partial charge is 0.469 e. The van der Waals surface area contributed by atoms with E-state index in [2.05, 4.69) is 9.72 Å². The summed E-state index contributed by atoms with van der Waals surface area (Å²) in [6.45, 7) is 2.21. The van der Waals surface area contributed by atoms with Gasteiger partial charge in [0.05, 0.1) is 13.0 Å². The van der Waals surface area contributed by atoms with E-state index in [1.54, 1.807) is 18.5 Å². The Morgan fingerprint density at radius 3 is 2.74 bits per heavy atom. The van der Waals surface area contributed by atoms with Crippen LogP contribution in [0.25, 0.3) is 0 Å². The first-order valence-corrected chi connectivity index (χ1v) is 7.38. The monoisotopic (exact) mass is 287 g/mol. The zero-order valence-electron chi connectivity index (χ0n) is 11.2. The highest BCUT2D eigenvalue weighted by Crippen LogP contribution is 2.24. The van der Waals surface area contributed by atoms with E-state index >= 15 is 0 Å². The molecule has 2 rings (SSSR count). The fourth-order valence-corrected chi connectivity index (χ4v) is 3.61. The molecule has 1 unspecified atom stereocenters. The maximum Gasteiger partial charge on any atom is 0.310 e. The summed E-state index contributed by atoms with van der Waals surface area (Å²) < 4.78 is 32.3. The minimum Gasteiger partial charge on any atom is -0.469 e. The molecule has 19 heavy (non-hydrogen) atoms. The van der Waals surface area contributed by atoms with Crippen LogP contribution in [-0.4, -0.2) is 48.4 Å². The predicted octanol–water partition coefficient (Wildman–Crippen LogP) is -0.0879. The highest BCUT2D eigenvalue weighted by atomic mass is 32.2. The second-order valence-corrected chi connectivity index (χ2v) is 6.49. The molecule has 1 aliphatic heterocycles. The number of hydrogen-bond acceptors (Lipinski definition) is 5. The van der Waals surface area contributed by atoms with Crippen molar-refractivity contribution in [1.29, 1.82) is 0 Å². The first kappa shape index (κ1) is 14.0. The first-order chi connectivity index (χ1) is 8.86. The summed E-state index contributed by atoms with van der Waals surface area (Å²) in [5.74, 6) is -0.123. The molecule has 1 fully saturated rings. The Hall–Kier alpha value is -1.41. The third kappa shape index (κ3) is 2.50. The van der Waals surface area contributed by atoms with Crippen molar-refractivity contribution in [2.45, 2.75) is 18.4 Å². The molecule has 1 saturated heterocycles. The summed E-state index contributed by atoms with van der Waals surface area (Å²) in [5.41, 5.74) is 0. The Morgan fingerprint density at radius 1 is 1.53 bits per heavy atom. The second kappa shape index (κ2) is 4.93. The molecular weight excluding hydrogens is 270 g/mol. The van der Waals surface area contributed by atoms with Gasteiger partial charge in [0.15, 0.2) is 5.03 Å². The molecule has 1 atom stereocenters. The van der Waals surface area contributed by atoms with Crippen molar-refractivity contribution >= 4 is 16.0 Å². The standard InChI is InChI=1S/C11H17N3O4S/c1-8-12-10(7-13(8)2)19(16,17)14-5-4-9(6-14)11(15)18-3/h7,9H,4-6H2,1-3H3. The van der Waals surface area contributed by atoms with Gasteiger partial charge in [0.2, 0.25) is 0 Å². The van der Waals surface area contributed by atoms with Crippen molar-refractivity contribution in [3.8, 4) is 0 Å². The fraction of sp³-hybridized carbons (Fsp3) is 0.636. The van der Waals surface area contributed by atoms with Gasteiger partial charge in [-0.3, -0.25) is 4.79 Å². The van der Waals surface area contributed by atoms with Crippen LogP contribution in [0.5, 0.6) is 0 Å². The van der Waals surface area contributed by atoms with Crippen LogP contribution in [0.2, 0.25) is 0 Å². The normalized spacial score (nSPS) is 20.7. The van der Waals surface area contributed by atoms with E-state index in [4.69, 9.17) is 0 Å². The topological polar surface area (TPSA) is 81.5 Å². The van der Waals surface area contributed by atoms with Crippen LogP contribution in [0.1, 0.15) is 12.2 Å². The zero-order valence-corrected chi connectivity index (χ0v) is 12.0. The van der Waals surface area contributed by atoms with Gasteiger partial charge in [0.1, 0.15) is 5.82 Å². The second-order valence-electron chi connectivity index (χ2n) is 4.61. The lowest BCUT2D eigenvalue weighted by molar-refractivity contribution is -0.144.